The maximum atomic E-state index is 8.37. The van der Waals surface area contributed by atoms with Crippen LogP contribution in [-0.2, 0) is 0 Å². The van der Waals surface area contributed by atoms with E-state index in [0.29, 0.717) is 12.3 Å². The first-order valence-corrected chi connectivity index (χ1v) is 4.82. The van der Waals surface area contributed by atoms with Gasteiger partial charge in [-0.3, -0.25) is 0 Å². The summed E-state index contributed by atoms with van der Waals surface area (Å²) in [7, 11) is 0. The summed E-state index contributed by atoms with van der Waals surface area (Å²) in [6, 6.07) is 9.62. The number of nitrogens with one attached hydrogen (secondary N) is 1. The minimum atomic E-state index is 0.0654. The minimum Gasteiger partial charge on any atom is -0.479 e. The number of anilines is 1. The van der Waals surface area contributed by atoms with Gasteiger partial charge in [-0.1, -0.05) is 6.07 Å². The van der Waals surface area contributed by atoms with Crippen molar-refractivity contribution in [3.8, 4) is 11.8 Å². The van der Waals surface area contributed by atoms with Crippen LogP contribution in [0.2, 0.25) is 0 Å². The number of hydrogen-bond donors (Lipinski definition) is 2. The van der Waals surface area contributed by atoms with Crippen molar-refractivity contribution < 1.29 is 4.74 Å². The first-order valence-electron chi connectivity index (χ1n) is 4.82. The van der Waals surface area contributed by atoms with E-state index in [4.69, 9.17) is 15.7 Å². The molecular weight excluding hydrogens is 190 g/mol. The molecule has 80 valence electrons. The minimum absolute atomic E-state index is 0.0654. The average molecular weight is 205 g/mol. The Kier molecular flexibility index (Phi) is 4.45. The van der Waals surface area contributed by atoms with Gasteiger partial charge in [0.25, 0.3) is 0 Å². The molecule has 4 heteroatoms. The lowest BCUT2D eigenvalue weighted by atomic mass is 10.2. The normalized spacial score (nSPS) is 11.5. The van der Waals surface area contributed by atoms with E-state index < -0.39 is 0 Å². The highest BCUT2D eigenvalue weighted by atomic mass is 16.5. The molecule has 0 saturated heterocycles. The van der Waals surface area contributed by atoms with Crippen LogP contribution in [0.25, 0.3) is 0 Å². The third kappa shape index (κ3) is 3.88. The van der Waals surface area contributed by atoms with Gasteiger partial charge in [0.1, 0.15) is 11.8 Å². The van der Waals surface area contributed by atoms with E-state index in [2.05, 4.69) is 5.32 Å². The maximum absolute atomic E-state index is 8.37. The second kappa shape index (κ2) is 5.89. The maximum Gasteiger partial charge on any atom is 0.174 e. The summed E-state index contributed by atoms with van der Waals surface area (Å²) >= 11 is 0. The van der Waals surface area contributed by atoms with Crippen LogP contribution < -0.4 is 15.8 Å². The predicted molar refractivity (Wildman–Crippen MR) is 59.7 cm³/mol. The summed E-state index contributed by atoms with van der Waals surface area (Å²) in [5, 5.41) is 11.6. The molecule has 1 unspecified atom stereocenters. The Morgan fingerprint density at radius 3 is 3.07 bits per heavy atom. The molecule has 0 aliphatic heterocycles. The van der Waals surface area contributed by atoms with E-state index in [1.54, 1.807) is 0 Å². The monoisotopic (exact) mass is 205 g/mol. The topological polar surface area (TPSA) is 71.1 Å². The third-order valence-electron chi connectivity index (χ3n) is 1.90. The Morgan fingerprint density at radius 1 is 1.60 bits per heavy atom. The zero-order chi connectivity index (χ0) is 11.1. The fourth-order valence-corrected chi connectivity index (χ4v) is 1.13. The fourth-order valence-electron chi connectivity index (χ4n) is 1.13. The lowest BCUT2D eigenvalue weighted by Crippen LogP contribution is -2.25. The van der Waals surface area contributed by atoms with Crippen molar-refractivity contribution in [2.24, 2.45) is 5.73 Å². The van der Waals surface area contributed by atoms with Gasteiger partial charge < -0.3 is 15.8 Å². The number of ether oxygens (including phenoxy) is 1. The Labute approximate surface area is 89.7 Å². The van der Waals surface area contributed by atoms with Crippen molar-refractivity contribution >= 4 is 5.69 Å². The highest BCUT2D eigenvalue weighted by Crippen LogP contribution is 2.17. The first-order chi connectivity index (χ1) is 7.26. The predicted octanol–water partition coefficient (Wildman–Crippen LogP) is 1.35. The van der Waals surface area contributed by atoms with Crippen LogP contribution in [0.15, 0.2) is 24.3 Å². The quantitative estimate of drug-likeness (QED) is 0.761. The summed E-state index contributed by atoms with van der Waals surface area (Å²) in [5.74, 6) is 0.686. The van der Waals surface area contributed by atoms with Crippen molar-refractivity contribution in [2.45, 2.75) is 13.0 Å². The smallest absolute Gasteiger partial charge is 0.174 e. The fraction of sp³-hybridized carbons (Fsp3) is 0.364. The van der Waals surface area contributed by atoms with Crippen LogP contribution in [-0.4, -0.2) is 19.2 Å². The van der Waals surface area contributed by atoms with Crippen molar-refractivity contribution in [3.05, 3.63) is 24.3 Å². The van der Waals surface area contributed by atoms with Gasteiger partial charge in [0.05, 0.1) is 0 Å². The van der Waals surface area contributed by atoms with Crippen LogP contribution in [0.5, 0.6) is 5.75 Å². The first kappa shape index (κ1) is 11.3. The number of nitriles is 1. The molecular formula is C11H15N3O. The average Bonchev–Trinajstić information content (AvgIpc) is 2.26. The highest BCUT2D eigenvalue weighted by Gasteiger charge is 2.00. The number of nitrogens with zero attached hydrogens (tertiary/aromatic N) is 1. The van der Waals surface area contributed by atoms with Crippen LogP contribution >= 0.6 is 0 Å². The molecule has 1 rings (SSSR count). The Balaban J connectivity index is 2.62. The van der Waals surface area contributed by atoms with E-state index in [1.165, 1.54) is 0 Å². The van der Waals surface area contributed by atoms with Crippen molar-refractivity contribution in [1.82, 2.24) is 0 Å². The number of benzene rings is 1. The van der Waals surface area contributed by atoms with E-state index in [0.717, 1.165) is 5.69 Å². The number of rotatable bonds is 5. The molecule has 1 aromatic carbocycles. The van der Waals surface area contributed by atoms with Crippen LogP contribution in [0.1, 0.15) is 6.92 Å². The highest BCUT2D eigenvalue weighted by molar-refractivity contribution is 5.48. The summed E-state index contributed by atoms with van der Waals surface area (Å²) in [6.07, 6.45) is 0. The van der Waals surface area contributed by atoms with Crippen LogP contribution in [0.3, 0.4) is 0 Å². The molecule has 0 heterocycles. The van der Waals surface area contributed by atoms with Crippen LogP contribution in [0.4, 0.5) is 5.69 Å². The summed E-state index contributed by atoms with van der Waals surface area (Å²) in [4.78, 5) is 0. The van der Waals surface area contributed by atoms with Gasteiger partial charge in [-0.2, -0.15) is 5.26 Å². The molecule has 0 fully saturated rings. The molecule has 15 heavy (non-hydrogen) atoms. The zero-order valence-corrected chi connectivity index (χ0v) is 8.73. The van der Waals surface area contributed by atoms with Gasteiger partial charge >= 0.3 is 0 Å². The lowest BCUT2D eigenvalue weighted by Gasteiger charge is -2.13. The molecule has 0 amide bonds. The molecule has 0 aliphatic rings. The SMILES string of the molecule is CC(CN)Nc1cccc(OCC#N)c1. The summed E-state index contributed by atoms with van der Waals surface area (Å²) in [5.41, 5.74) is 6.45. The third-order valence-corrected chi connectivity index (χ3v) is 1.90. The Morgan fingerprint density at radius 2 is 2.40 bits per heavy atom. The lowest BCUT2D eigenvalue weighted by molar-refractivity contribution is 0.368. The molecule has 0 aliphatic carbocycles. The van der Waals surface area contributed by atoms with Gasteiger partial charge in [0, 0.05) is 24.3 Å². The van der Waals surface area contributed by atoms with Gasteiger partial charge in [-0.25, -0.2) is 0 Å². The molecule has 4 nitrogen and oxygen atoms in total. The van der Waals surface area contributed by atoms with E-state index in [9.17, 15) is 0 Å². The van der Waals surface area contributed by atoms with Gasteiger partial charge in [0.15, 0.2) is 6.61 Å². The van der Waals surface area contributed by atoms with E-state index in [1.807, 2.05) is 37.3 Å². The second-order valence-corrected chi connectivity index (χ2v) is 3.26. The zero-order valence-electron chi connectivity index (χ0n) is 8.73. The standard InChI is InChI=1S/C11H15N3O/c1-9(8-13)14-10-3-2-4-11(7-10)15-6-5-12/h2-4,7,9,14H,6,8,13H2,1H3. The molecule has 0 radical (unpaired) electrons. The molecule has 1 atom stereocenters. The molecule has 0 aromatic heterocycles. The van der Waals surface area contributed by atoms with E-state index >= 15 is 0 Å². The molecule has 1 aromatic rings. The number of hydrogen-bond acceptors (Lipinski definition) is 4. The van der Waals surface area contributed by atoms with Gasteiger partial charge in [-0.05, 0) is 19.1 Å². The Bertz CT molecular complexity index is 346. The molecule has 0 bridgehead atoms. The van der Waals surface area contributed by atoms with Crippen molar-refractivity contribution in [2.75, 3.05) is 18.5 Å². The number of nitrogens with two attached hydrogens (primary N) is 1. The Hall–Kier alpha value is -1.73. The molecule has 3 N–H and O–H groups in total. The van der Waals surface area contributed by atoms with Crippen LogP contribution in [0, 0.1) is 11.3 Å². The second-order valence-electron chi connectivity index (χ2n) is 3.26. The van der Waals surface area contributed by atoms with Crippen molar-refractivity contribution in [3.63, 3.8) is 0 Å². The molecule has 0 spiro atoms. The van der Waals surface area contributed by atoms with Gasteiger partial charge in [0.2, 0.25) is 0 Å². The molecule has 0 saturated carbocycles. The van der Waals surface area contributed by atoms with E-state index in [-0.39, 0.29) is 12.6 Å². The summed E-state index contributed by atoms with van der Waals surface area (Å²) in [6.45, 7) is 2.64. The van der Waals surface area contributed by atoms with Gasteiger partial charge in [-0.15, -0.1) is 0 Å². The van der Waals surface area contributed by atoms with Crippen molar-refractivity contribution in [1.29, 1.82) is 5.26 Å². The summed E-state index contributed by atoms with van der Waals surface area (Å²) < 4.78 is 5.18. The largest absolute Gasteiger partial charge is 0.479 e.